The maximum absolute atomic E-state index is 6.02. The number of rotatable bonds is 4. The smallest absolute Gasteiger partial charge is 0.0595 e. The fourth-order valence-electron chi connectivity index (χ4n) is 1.86. The molecule has 0 aromatic heterocycles. The number of hydrogen-bond donors (Lipinski definition) is 2. The molecule has 19 heavy (non-hydrogen) atoms. The minimum Gasteiger partial charge on any atom is -0.398 e. The zero-order valence-electron chi connectivity index (χ0n) is 10.7. The van der Waals surface area contributed by atoms with Crippen molar-refractivity contribution in [3.8, 4) is 0 Å². The summed E-state index contributed by atoms with van der Waals surface area (Å²) >= 11 is 11.9. The van der Waals surface area contributed by atoms with Crippen LogP contribution in [0.1, 0.15) is 24.1 Å². The fourth-order valence-corrected chi connectivity index (χ4v) is 2.16. The molecule has 0 spiro atoms. The number of halogens is 2. The van der Waals surface area contributed by atoms with Gasteiger partial charge in [0, 0.05) is 18.3 Å². The van der Waals surface area contributed by atoms with Crippen molar-refractivity contribution in [3.63, 3.8) is 0 Å². The highest BCUT2D eigenvalue weighted by Crippen LogP contribution is 2.25. The molecule has 1 atom stereocenters. The fraction of sp³-hybridized carbons (Fsp3) is 0.200. The molecule has 2 rings (SSSR count). The van der Waals surface area contributed by atoms with E-state index in [0.717, 1.165) is 16.8 Å². The summed E-state index contributed by atoms with van der Waals surface area (Å²) in [6.07, 6.45) is 0. The van der Waals surface area contributed by atoms with Crippen LogP contribution in [0.3, 0.4) is 0 Å². The van der Waals surface area contributed by atoms with Crippen molar-refractivity contribution in [1.82, 2.24) is 5.32 Å². The summed E-state index contributed by atoms with van der Waals surface area (Å²) in [6.45, 7) is 2.80. The number of para-hydroxylation sites is 1. The van der Waals surface area contributed by atoms with Gasteiger partial charge in [0.1, 0.15) is 0 Å². The Kier molecular flexibility index (Phi) is 4.70. The summed E-state index contributed by atoms with van der Waals surface area (Å²) in [5.41, 5.74) is 8.91. The number of anilines is 1. The predicted octanol–water partition coefficient (Wildman–Crippen LogP) is 4.43. The molecule has 1 unspecified atom stereocenters. The van der Waals surface area contributed by atoms with Gasteiger partial charge in [-0.2, -0.15) is 0 Å². The van der Waals surface area contributed by atoms with Gasteiger partial charge in [0.05, 0.1) is 10.0 Å². The lowest BCUT2D eigenvalue weighted by molar-refractivity contribution is 0.575. The van der Waals surface area contributed by atoms with Crippen LogP contribution >= 0.6 is 23.2 Å². The molecule has 2 aromatic carbocycles. The third-order valence-electron chi connectivity index (χ3n) is 3.10. The second-order valence-corrected chi connectivity index (χ2v) is 5.29. The largest absolute Gasteiger partial charge is 0.398 e. The molecule has 0 aliphatic rings. The molecular weight excluding hydrogens is 279 g/mol. The van der Waals surface area contributed by atoms with Crippen LogP contribution in [0.5, 0.6) is 0 Å². The Morgan fingerprint density at radius 2 is 1.84 bits per heavy atom. The van der Waals surface area contributed by atoms with E-state index in [1.165, 1.54) is 0 Å². The van der Waals surface area contributed by atoms with Crippen LogP contribution in [-0.2, 0) is 6.54 Å². The summed E-state index contributed by atoms with van der Waals surface area (Å²) in [4.78, 5) is 0. The highest BCUT2D eigenvalue weighted by molar-refractivity contribution is 6.42. The second-order valence-electron chi connectivity index (χ2n) is 4.47. The normalized spacial score (nSPS) is 12.4. The van der Waals surface area contributed by atoms with Crippen LogP contribution in [0.25, 0.3) is 0 Å². The van der Waals surface area contributed by atoms with Gasteiger partial charge in [-0.25, -0.2) is 0 Å². The van der Waals surface area contributed by atoms with Crippen molar-refractivity contribution in [1.29, 1.82) is 0 Å². The van der Waals surface area contributed by atoms with Gasteiger partial charge in [0.25, 0.3) is 0 Å². The number of nitrogens with one attached hydrogen (secondary N) is 1. The first-order valence-corrected chi connectivity index (χ1v) is 6.85. The van der Waals surface area contributed by atoms with Crippen molar-refractivity contribution in [2.24, 2.45) is 0 Å². The summed E-state index contributed by atoms with van der Waals surface area (Å²) in [5, 5.41) is 4.57. The quantitative estimate of drug-likeness (QED) is 0.819. The van der Waals surface area contributed by atoms with Crippen LogP contribution in [0.2, 0.25) is 10.0 Å². The highest BCUT2D eigenvalue weighted by atomic mass is 35.5. The molecule has 0 radical (unpaired) electrons. The molecule has 100 valence electrons. The van der Waals surface area contributed by atoms with E-state index in [4.69, 9.17) is 28.9 Å². The summed E-state index contributed by atoms with van der Waals surface area (Å²) in [6, 6.07) is 13.7. The molecular formula is C15H16Cl2N2. The van der Waals surface area contributed by atoms with Crippen molar-refractivity contribution < 1.29 is 0 Å². The van der Waals surface area contributed by atoms with Gasteiger partial charge in [0.15, 0.2) is 0 Å². The molecule has 2 nitrogen and oxygen atoms in total. The summed E-state index contributed by atoms with van der Waals surface area (Å²) in [7, 11) is 0. The zero-order valence-corrected chi connectivity index (χ0v) is 12.2. The molecule has 2 aromatic rings. The van der Waals surface area contributed by atoms with Gasteiger partial charge >= 0.3 is 0 Å². The summed E-state index contributed by atoms with van der Waals surface area (Å²) in [5.74, 6) is 0. The SMILES string of the molecule is CC(NCc1ccccc1N)c1ccc(Cl)c(Cl)c1. The Labute approximate surface area is 123 Å². The standard InChI is InChI=1S/C15H16Cl2N2/c1-10(11-6-7-13(16)14(17)8-11)19-9-12-4-2-3-5-15(12)18/h2-8,10,19H,9,18H2,1H3. The van der Waals surface area contributed by atoms with Gasteiger partial charge in [0.2, 0.25) is 0 Å². The number of nitrogens with two attached hydrogens (primary N) is 1. The van der Waals surface area contributed by atoms with E-state index in [2.05, 4.69) is 12.2 Å². The minimum absolute atomic E-state index is 0.175. The maximum atomic E-state index is 6.02. The zero-order chi connectivity index (χ0) is 13.8. The Hall–Kier alpha value is -1.22. The molecule has 0 aliphatic carbocycles. The van der Waals surface area contributed by atoms with E-state index in [1.807, 2.05) is 42.5 Å². The lowest BCUT2D eigenvalue weighted by Gasteiger charge is -2.15. The van der Waals surface area contributed by atoms with Gasteiger partial charge in [-0.1, -0.05) is 47.5 Å². The van der Waals surface area contributed by atoms with E-state index in [0.29, 0.717) is 16.6 Å². The number of hydrogen-bond acceptors (Lipinski definition) is 2. The van der Waals surface area contributed by atoms with E-state index in [-0.39, 0.29) is 6.04 Å². The number of nitrogen functional groups attached to an aromatic ring is 1. The van der Waals surface area contributed by atoms with Crippen molar-refractivity contribution >= 4 is 28.9 Å². The van der Waals surface area contributed by atoms with Crippen LogP contribution < -0.4 is 11.1 Å². The van der Waals surface area contributed by atoms with E-state index in [1.54, 1.807) is 0 Å². The van der Waals surface area contributed by atoms with Crippen LogP contribution in [0, 0.1) is 0 Å². The molecule has 0 saturated heterocycles. The average molecular weight is 295 g/mol. The van der Waals surface area contributed by atoms with Crippen molar-refractivity contribution in [3.05, 3.63) is 63.6 Å². The Bertz CT molecular complexity index is 570. The Morgan fingerprint density at radius 3 is 2.53 bits per heavy atom. The molecule has 3 N–H and O–H groups in total. The first kappa shape index (κ1) is 14.2. The van der Waals surface area contributed by atoms with Gasteiger partial charge in [-0.15, -0.1) is 0 Å². The van der Waals surface area contributed by atoms with Crippen LogP contribution in [0.4, 0.5) is 5.69 Å². The predicted molar refractivity (Wildman–Crippen MR) is 82.6 cm³/mol. The maximum Gasteiger partial charge on any atom is 0.0595 e. The first-order chi connectivity index (χ1) is 9.08. The lowest BCUT2D eigenvalue weighted by Crippen LogP contribution is -2.18. The van der Waals surface area contributed by atoms with Crippen LogP contribution in [-0.4, -0.2) is 0 Å². The molecule has 0 fully saturated rings. The van der Waals surface area contributed by atoms with Crippen molar-refractivity contribution in [2.75, 3.05) is 5.73 Å². The number of benzene rings is 2. The molecule has 4 heteroatoms. The minimum atomic E-state index is 0.175. The van der Waals surface area contributed by atoms with Gasteiger partial charge in [-0.3, -0.25) is 0 Å². The van der Waals surface area contributed by atoms with E-state index >= 15 is 0 Å². The highest BCUT2D eigenvalue weighted by Gasteiger charge is 2.08. The topological polar surface area (TPSA) is 38.0 Å². The van der Waals surface area contributed by atoms with E-state index in [9.17, 15) is 0 Å². The van der Waals surface area contributed by atoms with Crippen LogP contribution in [0.15, 0.2) is 42.5 Å². The third kappa shape index (κ3) is 3.63. The summed E-state index contributed by atoms with van der Waals surface area (Å²) < 4.78 is 0. The average Bonchev–Trinajstić information content (AvgIpc) is 2.40. The van der Waals surface area contributed by atoms with Gasteiger partial charge < -0.3 is 11.1 Å². The molecule has 0 bridgehead atoms. The Balaban J connectivity index is 2.03. The monoisotopic (exact) mass is 294 g/mol. The molecule has 0 saturated carbocycles. The van der Waals surface area contributed by atoms with Gasteiger partial charge in [-0.05, 0) is 36.2 Å². The molecule has 0 heterocycles. The molecule has 0 aliphatic heterocycles. The van der Waals surface area contributed by atoms with E-state index < -0.39 is 0 Å². The first-order valence-electron chi connectivity index (χ1n) is 6.09. The third-order valence-corrected chi connectivity index (χ3v) is 3.84. The molecule has 0 amide bonds. The Morgan fingerprint density at radius 1 is 1.11 bits per heavy atom. The van der Waals surface area contributed by atoms with Crippen molar-refractivity contribution in [2.45, 2.75) is 19.5 Å². The lowest BCUT2D eigenvalue weighted by atomic mass is 10.1. The second kappa shape index (κ2) is 6.29.